The molecule has 27 heavy (non-hydrogen) atoms. The number of aromatic nitrogens is 2. The number of fused-ring (bicyclic) bond motifs is 1. The van der Waals surface area contributed by atoms with E-state index in [9.17, 15) is 9.59 Å². The predicted molar refractivity (Wildman–Crippen MR) is 103 cm³/mol. The first-order chi connectivity index (χ1) is 12.9. The smallest absolute Gasteiger partial charge is 0.344 e. The number of benzene rings is 2. The van der Waals surface area contributed by atoms with Crippen LogP contribution < -0.4 is 10.3 Å². The molecule has 0 amide bonds. The first-order valence-corrected chi connectivity index (χ1v) is 8.85. The van der Waals surface area contributed by atoms with Crippen molar-refractivity contribution in [1.29, 1.82) is 0 Å². The van der Waals surface area contributed by atoms with Crippen LogP contribution in [0.4, 0.5) is 0 Å². The fourth-order valence-corrected chi connectivity index (χ4v) is 2.68. The van der Waals surface area contributed by atoms with E-state index in [4.69, 9.17) is 9.47 Å². The molecule has 0 spiro atoms. The van der Waals surface area contributed by atoms with E-state index in [0.29, 0.717) is 28.4 Å². The Hall–Kier alpha value is -3.15. The van der Waals surface area contributed by atoms with Crippen molar-refractivity contribution in [3.05, 3.63) is 70.3 Å². The number of carbonyl (C=O) groups is 1. The lowest BCUT2D eigenvalue weighted by atomic mass is 10.0. The van der Waals surface area contributed by atoms with E-state index in [2.05, 4.69) is 23.8 Å². The first kappa shape index (κ1) is 18.6. The second-order valence-corrected chi connectivity index (χ2v) is 6.61. The van der Waals surface area contributed by atoms with E-state index in [-0.39, 0.29) is 12.2 Å². The molecule has 6 nitrogen and oxygen atoms in total. The van der Waals surface area contributed by atoms with Gasteiger partial charge in [0.25, 0.3) is 5.56 Å². The van der Waals surface area contributed by atoms with Gasteiger partial charge in [0.15, 0.2) is 18.5 Å². The Bertz CT molecular complexity index is 993. The lowest BCUT2D eigenvalue weighted by Crippen LogP contribution is -2.20. The molecule has 1 aromatic heterocycles. The van der Waals surface area contributed by atoms with Gasteiger partial charge >= 0.3 is 5.97 Å². The van der Waals surface area contributed by atoms with Crippen molar-refractivity contribution < 1.29 is 14.3 Å². The minimum Gasteiger partial charge on any atom is -0.482 e. The Morgan fingerprint density at radius 1 is 1.07 bits per heavy atom. The maximum atomic E-state index is 12.1. The van der Waals surface area contributed by atoms with Crippen molar-refractivity contribution in [3.63, 3.8) is 0 Å². The Balaban J connectivity index is 1.61. The summed E-state index contributed by atoms with van der Waals surface area (Å²) < 4.78 is 10.8. The molecule has 0 radical (unpaired) electrons. The molecule has 0 saturated heterocycles. The Morgan fingerprint density at radius 2 is 1.78 bits per heavy atom. The molecule has 0 bridgehead atoms. The molecular formula is C21H22N2O4. The molecule has 0 aliphatic heterocycles. The highest BCUT2D eigenvalue weighted by Gasteiger charge is 2.16. The molecule has 1 N–H and O–H groups in total. The van der Waals surface area contributed by atoms with Crippen molar-refractivity contribution in [1.82, 2.24) is 9.97 Å². The van der Waals surface area contributed by atoms with Gasteiger partial charge in [0.1, 0.15) is 5.75 Å². The predicted octanol–water partition coefficient (Wildman–Crippen LogP) is 3.73. The molecule has 3 rings (SSSR count). The average Bonchev–Trinajstić information content (AvgIpc) is 2.66. The highest BCUT2D eigenvalue weighted by molar-refractivity contribution is 5.77. The number of hydrogen-bond acceptors (Lipinski definition) is 5. The Kier molecular flexibility index (Phi) is 5.54. The fourth-order valence-electron chi connectivity index (χ4n) is 2.68. The fraction of sp³-hybridized carbons (Fsp3) is 0.286. The van der Waals surface area contributed by atoms with E-state index < -0.39 is 12.1 Å². The van der Waals surface area contributed by atoms with Gasteiger partial charge < -0.3 is 14.5 Å². The number of carbonyl (C=O) groups excluding carboxylic acids is 1. The summed E-state index contributed by atoms with van der Waals surface area (Å²) in [4.78, 5) is 31.2. The van der Waals surface area contributed by atoms with Gasteiger partial charge in [0.05, 0.1) is 10.9 Å². The highest BCUT2D eigenvalue weighted by atomic mass is 16.6. The largest absolute Gasteiger partial charge is 0.482 e. The third-order valence-corrected chi connectivity index (χ3v) is 4.23. The van der Waals surface area contributed by atoms with Gasteiger partial charge in [0.2, 0.25) is 0 Å². The van der Waals surface area contributed by atoms with Crippen LogP contribution in [0.15, 0.2) is 53.3 Å². The summed E-state index contributed by atoms with van der Waals surface area (Å²) >= 11 is 0. The molecule has 1 atom stereocenters. The average molecular weight is 366 g/mol. The van der Waals surface area contributed by atoms with Crippen LogP contribution in [0.2, 0.25) is 0 Å². The standard InChI is InChI=1S/C21H22N2O4/c1-13(2)15-8-10-16(11-9-15)26-12-19(24)27-14(3)20-22-18-7-5-4-6-17(18)21(25)23-20/h4-11,13-14H,12H2,1-3H3,(H,22,23,25)/t14-/m0/s1. The summed E-state index contributed by atoms with van der Waals surface area (Å²) in [5, 5.41) is 0.493. The minimum atomic E-state index is -0.693. The molecule has 0 saturated carbocycles. The van der Waals surface area contributed by atoms with Crippen LogP contribution >= 0.6 is 0 Å². The van der Waals surface area contributed by atoms with Gasteiger partial charge in [-0.05, 0) is 42.7 Å². The van der Waals surface area contributed by atoms with Crippen molar-refractivity contribution in [2.24, 2.45) is 0 Å². The summed E-state index contributed by atoms with van der Waals surface area (Å²) in [7, 11) is 0. The maximum absolute atomic E-state index is 12.1. The molecule has 2 aromatic carbocycles. The zero-order chi connectivity index (χ0) is 19.4. The Morgan fingerprint density at radius 3 is 2.48 bits per heavy atom. The third kappa shape index (κ3) is 4.53. The number of esters is 1. The zero-order valence-electron chi connectivity index (χ0n) is 15.6. The van der Waals surface area contributed by atoms with Crippen molar-refractivity contribution in [3.8, 4) is 5.75 Å². The molecule has 0 fully saturated rings. The number of nitrogens with zero attached hydrogens (tertiary/aromatic N) is 1. The normalized spacial score (nSPS) is 12.1. The minimum absolute atomic E-state index is 0.219. The van der Waals surface area contributed by atoms with Crippen LogP contribution in [-0.2, 0) is 9.53 Å². The highest BCUT2D eigenvalue weighted by Crippen LogP contribution is 2.19. The molecule has 0 unspecified atom stereocenters. The summed E-state index contributed by atoms with van der Waals surface area (Å²) in [5.41, 5.74) is 1.49. The van der Waals surface area contributed by atoms with Gasteiger partial charge in [-0.15, -0.1) is 0 Å². The van der Waals surface area contributed by atoms with Crippen LogP contribution in [0.3, 0.4) is 0 Å². The lowest BCUT2D eigenvalue weighted by Gasteiger charge is -2.14. The number of para-hydroxylation sites is 1. The number of ether oxygens (including phenoxy) is 2. The second kappa shape index (κ2) is 8.03. The van der Waals surface area contributed by atoms with Gasteiger partial charge in [-0.1, -0.05) is 38.1 Å². The van der Waals surface area contributed by atoms with Crippen LogP contribution in [0.1, 0.15) is 44.2 Å². The van der Waals surface area contributed by atoms with Crippen molar-refractivity contribution in [2.75, 3.05) is 6.61 Å². The van der Waals surface area contributed by atoms with Crippen molar-refractivity contribution in [2.45, 2.75) is 32.8 Å². The second-order valence-electron chi connectivity index (χ2n) is 6.61. The zero-order valence-corrected chi connectivity index (χ0v) is 15.6. The lowest BCUT2D eigenvalue weighted by molar-refractivity contribution is -0.151. The first-order valence-electron chi connectivity index (χ1n) is 8.85. The van der Waals surface area contributed by atoms with Crippen LogP contribution in [0, 0.1) is 0 Å². The summed E-state index contributed by atoms with van der Waals surface area (Å²) in [6.07, 6.45) is -0.693. The van der Waals surface area contributed by atoms with E-state index in [1.54, 1.807) is 31.2 Å². The van der Waals surface area contributed by atoms with Crippen molar-refractivity contribution >= 4 is 16.9 Å². The number of aromatic amines is 1. The van der Waals surface area contributed by atoms with E-state index >= 15 is 0 Å². The summed E-state index contributed by atoms with van der Waals surface area (Å²) in [6.45, 7) is 5.66. The molecule has 3 aromatic rings. The van der Waals surface area contributed by atoms with Gasteiger partial charge in [-0.3, -0.25) is 4.79 Å². The number of nitrogens with one attached hydrogen (secondary N) is 1. The summed E-state index contributed by atoms with van der Waals surface area (Å²) in [5.74, 6) is 0.794. The molecule has 0 aliphatic rings. The maximum Gasteiger partial charge on any atom is 0.344 e. The monoisotopic (exact) mass is 366 g/mol. The molecular weight excluding hydrogens is 344 g/mol. The number of rotatable bonds is 6. The molecule has 0 aliphatic carbocycles. The molecule has 1 heterocycles. The van der Waals surface area contributed by atoms with Crippen LogP contribution in [0.25, 0.3) is 10.9 Å². The quantitative estimate of drug-likeness (QED) is 0.672. The van der Waals surface area contributed by atoms with Crippen LogP contribution in [0.5, 0.6) is 5.75 Å². The van der Waals surface area contributed by atoms with Gasteiger partial charge in [0, 0.05) is 0 Å². The number of H-pyrrole nitrogens is 1. The van der Waals surface area contributed by atoms with E-state index in [1.165, 1.54) is 5.56 Å². The van der Waals surface area contributed by atoms with E-state index in [1.807, 2.05) is 24.3 Å². The Labute approximate surface area is 157 Å². The summed E-state index contributed by atoms with van der Waals surface area (Å²) in [6, 6.07) is 14.6. The molecule has 140 valence electrons. The van der Waals surface area contributed by atoms with Crippen LogP contribution in [-0.4, -0.2) is 22.5 Å². The molecule has 6 heteroatoms. The number of hydrogen-bond donors (Lipinski definition) is 1. The van der Waals surface area contributed by atoms with Gasteiger partial charge in [-0.2, -0.15) is 0 Å². The SMILES string of the molecule is CC(C)c1ccc(OCC(=O)O[C@@H](C)c2nc3ccccc3c(=O)[nH]2)cc1. The van der Waals surface area contributed by atoms with Gasteiger partial charge in [-0.25, -0.2) is 9.78 Å². The van der Waals surface area contributed by atoms with E-state index in [0.717, 1.165) is 0 Å². The topological polar surface area (TPSA) is 81.3 Å². The third-order valence-electron chi connectivity index (χ3n) is 4.23.